The maximum Gasteiger partial charge on any atom is 0.243 e. The Labute approximate surface area is 115 Å². The van der Waals surface area contributed by atoms with E-state index in [4.69, 9.17) is 0 Å². The van der Waals surface area contributed by atoms with E-state index in [0.29, 0.717) is 18.0 Å². The van der Waals surface area contributed by atoms with Crippen molar-refractivity contribution in [3.8, 4) is 0 Å². The van der Waals surface area contributed by atoms with Gasteiger partial charge in [0.05, 0.1) is 4.90 Å². The van der Waals surface area contributed by atoms with Crippen LogP contribution >= 0.6 is 0 Å². The number of hydrogen-bond donors (Lipinski definition) is 1. The van der Waals surface area contributed by atoms with Crippen LogP contribution in [0, 0.1) is 5.92 Å². The number of hydrogen-bond acceptors (Lipinski definition) is 3. The highest BCUT2D eigenvalue weighted by atomic mass is 32.2. The van der Waals surface area contributed by atoms with Gasteiger partial charge >= 0.3 is 0 Å². The Kier molecular flexibility index (Phi) is 4.60. The second-order valence-corrected chi connectivity index (χ2v) is 6.99. The van der Waals surface area contributed by atoms with Gasteiger partial charge < -0.3 is 5.11 Å². The molecule has 0 aliphatic carbocycles. The average molecular weight is 283 g/mol. The molecule has 0 bridgehead atoms. The Bertz CT molecular complexity index is 510. The summed E-state index contributed by atoms with van der Waals surface area (Å²) in [4.78, 5) is 0.350. The van der Waals surface area contributed by atoms with E-state index in [1.165, 1.54) is 4.31 Å². The largest absolute Gasteiger partial charge is 0.396 e. The summed E-state index contributed by atoms with van der Waals surface area (Å²) in [5, 5.41) is 9.19. The van der Waals surface area contributed by atoms with E-state index >= 15 is 0 Å². The van der Waals surface area contributed by atoms with Gasteiger partial charge in [0, 0.05) is 19.7 Å². The summed E-state index contributed by atoms with van der Waals surface area (Å²) in [5.74, 6) is 0.0680. The van der Waals surface area contributed by atoms with Crippen molar-refractivity contribution >= 4 is 10.0 Å². The first-order valence-electron chi connectivity index (χ1n) is 6.78. The van der Waals surface area contributed by atoms with Crippen LogP contribution in [0.25, 0.3) is 0 Å². The fourth-order valence-corrected chi connectivity index (χ4v) is 4.00. The van der Waals surface area contributed by atoms with Gasteiger partial charge in [0.15, 0.2) is 0 Å². The van der Waals surface area contributed by atoms with Crippen LogP contribution in [0.4, 0.5) is 0 Å². The van der Waals surface area contributed by atoms with Crippen molar-refractivity contribution < 1.29 is 13.5 Å². The highest BCUT2D eigenvalue weighted by molar-refractivity contribution is 7.89. The number of aliphatic hydroxyl groups is 1. The first kappa shape index (κ1) is 14.5. The number of rotatable bonds is 4. The Morgan fingerprint density at radius 2 is 2.00 bits per heavy atom. The Morgan fingerprint density at radius 1 is 1.32 bits per heavy atom. The quantitative estimate of drug-likeness (QED) is 0.914. The number of benzene rings is 1. The van der Waals surface area contributed by atoms with Crippen LogP contribution < -0.4 is 0 Å². The zero-order chi connectivity index (χ0) is 13.9. The molecule has 5 heteroatoms. The number of sulfonamides is 1. The standard InChI is InChI=1S/C14H21NO3S/c1-2-12-5-7-14(8-6-12)19(17,18)15-9-3-4-13(10-15)11-16/h5-8,13,16H,2-4,9-11H2,1H3. The van der Waals surface area contributed by atoms with Gasteiger partial charge in [0.25, 0.3) is 0 Å². The molecule has 19 heavy (non-hydrogen) atoms. The van der Waals surface area contributed by atoms with Crippen LogP contribution in [0.5, 0.6) is 0 Å². The van der Waals surface area contributed by atoms with Crippen LogP contribution in [0.15, 0.2) is 29.2 Å². The highest BCUT2D eigenvalue weighted by Gasteiger charge is 2.29. The van der Waals surface area contributed by atoms with Gasteiger partial charge in [-0.2, -0.15) is 4.31 Å². The first-order chi connectivity index (χ1) is 9.07. The van der Waals surface area contributed by atoms with Gasteiger partial charge in [0.1, 0.15) is 0 Å². The van der Waals surface area contributed by atoms with Gasteiger partial charge in [0.2, 0.25) is 10.0 Å². The van der Waals surface area contributed by atoms with Crippen LogP contribution in [0.1, 0.15) is 25.3 Å². The lowest BCUT2D eigenvalue weighted by Crippen LogP contribution is -2.40. The van der Waals surface area contributed by atoms with Crippen molar-refractivity contribution in [2.75, 3.05) is 19.7 Å². The van der Waals surface area contributed by atoms with Crippen LogP contribution in [-0.2, 0) is 16.4 Å². The second-order valence-electron chi connectivity index (χ2n) is 5.05. The Balaban J connectivity index is 2.20. The molecule has 1 aliphatic heterocycles. The molecule has 0 amide bonds. The van der Waals surface area contributed by atoms with E-state index in [1.54, 1.807) is 12.1 Å². The van der Waals surface area contributed by atoms with Crippen molar-refractivity contribution in [2.24, 2.45) is 5.92 Å². The molecule has 1 atom stereocenters. The van der Waals surface area contributed by atoms with Gasteiger partial charge in [-0.1, -0.05) is 19.1 Å². The lowest BCUT2D eigenvalue weighted by molar-refractivity contribution is 0.165. The molecule has 1 saturated heterocycles. The molecule has 0 radical (unpaired) electrons. The topological polar surface area (TPSA) is 57.6 Å². The normalized spacial score (nSPS) is 21.5. The average Bonchev–Trinajstić information content (AvgIpc) is 2.47. The lowest BCUT2D eigenvalue weighted by atomic mass is 10.0. The molecular weight excluding hydrogens is 262 g/mol. The predicted octanol–water partition coefficient (Wildman–Crippen LogP) is 1.64. The third-order valence-corrected chi connectivity index (χ3v) is 5.59. The molecule has 4 nitrogen and oxygen atoms in total. The van der Waals surface area contributed by atoms with Crippen molar-refractivity contribution in [3.63, 3.8) is 0 Å². The molecule has 0 saturated carbocycles. The minimum absolute atomic E-state index is 0.0563. The molecule has 1 unspecified atom stereocenters. The summed E-state index contributed by atoms with van der Waals surface area (Å²) >= 11 is 0. The summed E-state index contributed by atoms with van der Waals surface area (Å²) < 4.78 is 26.5. The maximum atomic E-state index is 12.5. The third-order valence-electron chi connectivity index (χ3n) is 3.71. The van der Waals surface area contributed by atoms with Crippen molar-refractivity contribution in [3.05, 3.63) is 29.8 Å². The van der Waals surface area contributed by atoms with E-state index < -0.39 is 10.0 Å². The molecule has 106 valence electrons. The molecule has 1 aliphatic rings. The Morgan fingerprint density at radius 3 is 2.58 bits per heavy atom. The minimum Gasteiger partial charge on any atom is -0.396 e. The summed E-state index contributed by atoms with van der Waals surface area (Å²) in [6.07, 6.45) is 2.62. The SMILES string of the molecule is CCc1ccc(S(=O)(=O)N2CCCC(CO)C2)cc1. The van der Waals surface area contributed by atoms with E-state index in [-0.39, 0.29) is 12.5 Å². The predicted molar refractivity (Wildman–Crippen MR) is 74.4 cm³/mol. The number of aryl methyl sites for hydroxylation is 1. The van der Waals surface area contributed by atoms with Gasteiger partial charge in [-0.3, -0.25) is 0 Å². The second kappa shape index (κ2) is 6.03. The minimum atomic E-state index is -3.41. The zero-order valence-electron chi connectivity index (χ0n) is 11.2. The molecule has 0 spiro atoms. The summed E-state index contributed by atoms with van der Waals surface area (Å²) in [7, 11) is -3.41. The smallest absolute Gasteiger partial charge is 0.243 e. The Hall–Kier alpha value is -0.910. The molecule has 1 fully saturated rings. The zero-order valence-corrected chi connectivity index (χ0v) is 12.1. The number of aliphatic hydroxyl groups excluding tert-OH is 1. The van der Waals surface area contributed by atoms with E-state index in [0.717, 1.165) is 24.8 Å². The van der Waals surface area contributed by atoms with Gasteiger partial charge in [-0.25, -0.2) is 8.42 Å². The monoisotopic (exact) mass is 283 g/mol. The van der Waals surface area contributed by atoms with Crippen LogP contribution in [-0.4, -0.2) is 37.5 Å². The summed E-state index contributed by atoms with van der Waals surface area (Å²) in [5.41, 5.74) is 1.13. The first-order valence-corrected chi connectivity index (χ1v) is 8.22. The van der Waals surface area contributed by atoms with Crippen LogP contribution in [0.2, 0.25) is 0 Å². The van der Waals surface area contributed by atoms with Crippen molar-refractivity contribution in [1.29, 1.82) is 0 Å². The lowest BCUT2D eigenvalue weighted by Gasteiger charge is -2.30. The van der Waals surface area contributed by atoms with Gasteiger partial charge in [-0.05, 0) is 42.9 Å². The molecule has 0 aromatic heterocycles. The molecule has 1 N–H and O–H groups in total. The fourth-order valence-electron chi connectivity index (χ4n) is 2.44. The molecular formula is C14H21NO3S. The highest BCUT2D eigenvalue weighted by Crippen LogP contribution is 2.23. The molecule has 1 aromatic rings. The number of nitrogens with zero attached hydrogens (tertiary/aromatic N) is 1. The van der Waals surface area contributed by atoms with Crippen LogP contribution in [0.3, 0.4) is 0 Å². The molecule has 1 heterocycles. The van der Waals surface area contributed by atoms with Crippen molar-refractivity contribution in [2.45, 2.75) is 31.1 Å². The summed E-state index contributed by atoms with van der Waals surface area (Å²) in [6, 6.07) is 7.08. The fraction of sp³-hybridized carbons (Fsp3) is 0.571. The molecule has 1 aromatic carbocycles. The molecule has 2 rings (SSSR count). The van der Waals surface area contributed by atoms with E-state index in [2.05, 4.69) is 0 Å². The summed E-state index contributed by atoms with van der Waals surface area (Å²) in [6.45, 7) is 3.07. The maximum absolute atomic E-state index is 12.5. The van der Waals surface area contributed by atoms with Crippen molar-refractivity contribution in [1.82, 2.24) is 4.31 Å². The third kappa shape index (κ3) is 3.16. The van der Waals surface area contributed by atoms with Gasteiger partial charge in [-0.15, -0.1) is 0 Å². The number of piperidine rings is 1. The van der Waals surface area contributed by atoms with E-state index in [1.807, 2.05) is 19.1 Å². The van der Waals surface area contributed by atoms with E-state index in [9.17, 15) is 13.5 Å².